The number of likely N-dealkylation sites (N-methyl/N-ethyl adjacent to an activating group) is 1. The summed E-state index contributed by atoms with van der Waals surface area (Å²) in [6, 6.07) is 9.27. The van der Waals surface area contributed by atoms with Crippen molar-refractivity contribution in [1.82, 2.24) is 4.90 Å². The molecule has 1 aromatic carbocycles. The number of β-lactam (4-membered cyclic amide) rings is 1. The quantitative estimate of drug-likeness (QED) is 0.476. The normalized spacial score (nSPS) is 22.4. The standard InChI is InChI=1S/C15H18N2O3/c1-10(9-12(18)20-3)16-13-14(17(2)15(13)19)11-7-5-4-6-8-11/h4-8,13-14H,9H2,1-3H3/t13-,14+/m1/s1. The minimum absolute atomic E-state index is 0.0249. The molecule has 1 amide bonds. The summed E-state index contributed by atoms with van der Waals surface area (Å²) in [7, 11) is 3.10. The van der Waals surface area contributed by atoms with Crippen LogP contribution in [0.4, 0.5) is 0 Å². The van der Waals surface area contributed by atoms with Crippen molar-refractivity contribution in [1.29, 1.82) is 0 Å². The Morgan fingerprint density at radius 2 is 2.00 bits per heavy atom. The van der Waals surface area contributed by atoms with Crippen LogP contribution in [0.25, 0.3) is 0 Å². The molecule has 1 heterocycles. The van der Waals surface area contributed by atoms with Crippen LogP contribution in [0, 0.1) is 0 Å². The highest BCUT2D eigenvalue weighted by molar-refractivity contribution is 6.00. The molecule has 0 unspecified atom stereocenters. The molecule has 0 aromatic heterocycles. The van der Waals surface area contributed by atoms with Crippen LogP contribution >= 0.6 is 0 Å². The van der Waals surface area contributed by atoms with E-state index >= 15 is 0 Å². The maximum Gasteiger partial charge on any atom is 0.311 e. The number of hydrogen-bond donors (Lipinski definition) is 0. The Kier molecular flexibility index (Phi) is 4.17. The van der Waals surface area contributed by atoms with Gasteiger partial charge in [-0.05, 0) is 12.5 Å². The number of methoxy groups -OCH3 is 1. The first-order valence-electron chi connectivity index (χ1n) is 6.46. The second-order valence-electron chi connectivity index (χ2n) is 4.87. The lowest BCUT2D eigenvalue weighted by Gasteiger charge is -2.43. The van der Waals surface area contributed by atoms with Crippen LogP contribution in [0.2, 0.25) is 0 Å². The van der Waals surface area contributed by atoms with Crippen LogP contribution in [-0.2, 0) is 14.3 Å². The Morgan fingerprint density at radius 3 is 2.60 bits per heavy atom. The molecule has 5 heteroatoms. The summed E-state index contributed by atoms with van der Waals surface area (Å²) in [5.74, 6) is -0.370. The summed E-state index contributed by atoms with van der Waals surface area (Å²) in [5.41, 5.74) is 1.67. The predicted molar refractivity (Wildman–Crippen MR) is 75.5 cm³/mol. The lowest BCUT2D eigenvalue weighted by atomic mass is 9.89. The predicted octanol–water partition coefficient (Wildman–Crippen LogP) is 1.59. The molecule has 1 saturated heterocycles. The molecule has 5 nitrogen and oxygen atoms in total. The third-order valence-corrected chi connectivity index (χ3v) is 3.45. The van der Waals surface area contributed by atoms with E-state index in [2.05, 4.69) is 9.73 Å². The third kappa shape index (κ3) is 2.71. The van der Waals surface area contributed by atoms with Crippen LogP contribution in [0.3, 0.4) is 0 Å². The smallest absolute Gasteiger partial charge is 0.311 e. The third-order valence-electron chi connectivity index (χ3n) is 3.45. The Morgan fingerprint density at radius 1 is 1.35 bits per heavy atom. The zero-order valence-electron chi connectivity index (χ0n) is 11.9. The molecular formula is C15H18N2O3. The van der Waals surface area contributed by atoms with Crippen molar-refractivity contribution in [2.45, 2.75) is 25.4 Å². The first kappa shape index (κ1) is 14.2. The fourth-order valence-electron chi connectivity index (χ4n) is 2.36. The lowest BCUT2D eigenvalue weighted by Crippen LogP contribution is -2.56. The number of nitrogens with zero attached hydrogens (tertiary/aromatic N) is 2. The van der Waals surface area contributed by atoms with Gasteiger partial charge >= 0.3 is 5.97 Å². The summed E-state index contributed by atoms with van der Waals surface area (Å²) >= 11 is 0. The first-order chi connectivity index (χ1) is 9.54. The molecule has 0 aliphatic carbocycles. The monoisotopic (exact) mass is 274 g/mol. The number of ether oxygens (including phenoxy) is 1. The van der Waals surface area contributed by atoms with E-state index in [0.717, 1.165) is 5.56 Å². The second kappa shape index (κ2) is 5.86. The summed E-state index contributed by atoms with van der Waals surface area (Å²) in [5, 5.41) is 0. The van der Waals surface area contributed by atoms with Gasteiger partial charge in [-0.3, -0.25) is 14.6 Å². The van der Waals surface area contributed by atoms with E-state index in [4.69, 9.17) is 0 Å². The van der Waals surface area contributed by atoms with Gasteiger partial charge in [-0.25, -0.2) is 0 Å². The molecule has 2 atom stereocenters. The average Bonchev–Trinajstić information content (AvgIpc) is 2.47. The largest absolute Gasteiger partial charge is 0.469 e. The molecular weight excluding hydrogens is 256 g/mol. The molecule has 1 aromatic rings. The molecule has 1 fully saturated rings. The van der Waals surface area contributed by atoms with Crippen LogP contribution in [0.15, 0.2) is 35.3 Å². The number of benzene rings is 1. The zero-order valence-corrected chi connectivity index (χ0v) is 11.9. The minimum atomic E-state index is -0.438. The Balaban J connectivity index is 2.16. The molecule has 0 saturated carbocycles. The summed E-state index contributed by atoms with van der Waals surface area (Å²) in [6.07, 6.45) is 0.117. The van der Waals surface area contributed by atoms with E-state index in [1.807, 2.05) is 30.3 Å². The van der Waals surface area contributed by atoms with E-state index in [9.17, 15) is 9.59 Å². The van der Waals surface area contributed by atoms with Gasteiger partial charge in [0, 0.05) is 12.8 Å². The molecule has 0 bridgehead atoms. The van der Waals surface area contributed by atoms with E-state index in [-0.39, 0.29) is 24.3 Å². The molecule has 2 rings (SSSR count). The molecule has 0 radical (unpaired) electrons. The molecule has 0 spiro atoms. The van der Waals surface area contributed by atoms with Crippen molar-refractivity contribution in [3.8, 4) is 0 Å². The van der Waals surface area contributed by atoms with Crippen molar-refractivity contribution in [3.63, 3.8) is 0 Å². The van der Waals surface area contributed by atoms with Crippen LogP contribution < -0.4 is 0 Å². The van der Waals surface area contributed by atoms with E-state index < -0.39 is 6.04 Å². The molecule has 1 aliphatic rings. The van der Waals surface area contributed by atoms with Gasteiger partial charge in [-0.1, -0.05) is 30.3 Å². The Hall–Kier alpha value is -2.17. The molecule has 106 valence electrons. The summed E-state index contributed by atoms with van der Waals surface area (Å²) in [4.78, 5) is 29.2. The van der Waals surface area contributed by atoms with Crippen molar-refractivity contribution >= 4 is 17.6 Å². The first-order valence-corrected chi connectivity index (χ1v) is 6.46. The van der Waals surface area contributed by atoms with Gasteiger partial charge < -0.3 is 9.64 Å². The number of rotatable bonds is 4. The SMILES string of the molecule is COC(=O)CC(C)=N[C@H]1C(=O)N(C)[C@H]1c1ccccc1. The number of esters is 1. The summed E-state index contributed by atoms with van der Waals surface area (Å²) < 4.78 is 4.60. The maximum absolute atomic E-state index is 11.9. The van der Waals surface area contributed by atoms with E-state index in [0.29, 0.717) is 5.71 Å². The summed E-state index contributed by atoms with van der Waals surface area (Å²) in [6.45, 7) is 1.74. The Bertz CT molecular complexity index is 539. The molecule has 1 aliphatic heterocycles. The number of hydrogen-bond acceptors (Lipinski definition) is 4. The number of amides is 1. The molecule has 0 N–H and O–H groups in total. The fraction of sp³-hybridized carbons (Fsp3) is 0.400. The topological polar surface area (TPSA) is 59.0 Å². The zero-order chi connectivity index (χ0) is 14.7. The lowest BCUT2D eigenvalue weighted by molar-refractivity contribution is -0.147. The van der Waals surface area contributed by atoms with Crippen molar-refractivity contribution in [2.75, 3.05) is 14.2 Å². The highest BCUT2D eigenvalue weighted by Crippen LogP contribution is 2.35. The average molecular weight is 274 g/mol. The molecule has 20 heavy (non-hydrogen) atoms. The highest BCUT2D eigenvalue weighted by atomic mass is 16.5. The number of carbonyl (C=O) groups is 2. The minimum Gasteiger partial charge on any atom is -0.469 e. The number of aliphatic imine (C=N–C) groups is 1. The van der Waals surface area contributed by atoms with Gasteiger partial charge in [0.15, 0.2) is 6.04 Å². The van der Waals surface area contributed by atoms with Gasteiger partial charge in [0.1, 0.15) is 0 Å². The van der Waals surface area contributed by atoms with Crippen LogP contribution in [-0.4, -0.2) is 42.7 Å². The van der Waals surface area contributed by atoms with Gasteiger partial charge in [-0.2, -0.15) is 0 Å². The van der Waals surface area contributed by atoms with Crippen LogP contribution in [0.1, 0.15) is 24.9 Å². The number of carbonyl (C=O) groups excluding carboxylic acids is 2. The van der Waals surface area contributed by atoms with Crippen molar-refractivity contribution in [3.05, 3.63) is 35.9 Å². The highest BCUT2D eigenvalue weighted by Gasteiger charge is 2.45. The fourth-order valence-corrected chi connectivity index (χ4v) is 2.36. The van der Waals surface area contributed by atoms with E-state index in [1.165, 1.54) is 7.11 Å². The van der Waals surface area contributed by atoms with Crippen molar-refractivity contribution in [2.24, 2.45) is 4.99 Å². The van der Waals surface area contributed by atoms with Gasteiger partial charge in [0.05, 0.1) is 19.6 Å². The van der Waals surface area contributed by atoms with Gasteiger partial charge in [0.2, 0.25) is 5.91 Å². The second-order valence-corrected chi connectivity index (χ2v) is 4.87. The maximum atomic E-state index is 11.9. The van der Waals surface area contributed by atoms with E-state index in [1.54, 1.807) is 18.9 Å². The Labute approximate surface area is 118 Å². The van der Waals surface area contributed by atoms with Crippen LogP contribution in [0.5, 0.6) is 0 Å². The van der Waals surface area contributed by atoms with Gasteiger partial charge in [0.25, 0.3) is 0 Å². The van der Waals surface area contributed by atoms with Gasteiger partial charge in [-0.15, -0.1) is 0 Å². The number of likely N-dealkylation sites (tertiary alicyclic amines) is 1. The van der Waals surface area contributed by atoms with Crippen molar-refractivity contribution < 1.29 is 14.3 Å².